The Kier molecular flexibility index (Phi) is 2.47. The maximum absolute atomic E-state index is 3.56. The summed E-state index contributed by atoms with van der Waals surface area (Å²) in [6.07, 6.45) is 0. The molecule has 0 fully saturated rings. The standard InChI is InChI=1S/C10H7Br2NS2/c1-2-13-5-3-7(11)14-9(5)10-6(13)4-8(12)15-10/h3-4H,2H2,1H3. The van der Waals surface area contributed by atoms with Gasteiger partial charge in [0.15, 0.2) is 0 Å². The zero-order valence-electron chi connectivity index (χ0n) is 7.88. The highest BCUT2D eigenvalue weighted by Crippen LogP contribution is 2.42. The Morgan fingerprint density at radius 2 is 1.53 bits per heavy atom. The molecule has 0 spiro atoms. The van der Waals surface area contributed by atoms with Crippen LogP contribution in [0.4, 0.5) is 0 Å². The Labute approximate surface area is 112 Å². The second-order valence-electron chi connectivity index (χ2n) is 3.27. The first-order chi connectivity index (χ1) is 7.20. The van der Waals surface area contributed by atoms with Gasteiger partial charge in [0, 0.05) is 6.54 Å². The van der Waals surface area contributed by atoms with Crippen LogP contribution in [0.2, 0.25) is 0 Å². The lowest BCUT2D eigenvalue weighted by atomic mass is 10.5. The van der Waals surface area contributed by atoms with Crippen molar-refractivity contribution in [2.75, 3.05) is 0 Å². The van der Waals surface area contributed by atoms with Gasteiger partial charge in [-0.25, -0.2) is 0 Å². The molecule has 3 aromatic heterocycles. The van der Waals surface area contributed by atoms with Gasteiger partial charge in [0.25, 0.3) is 0 Å². The van der Waals surface area contributed by atoms with Crippen molar-refractivity contribution in [3.8, 4) is 0 Å². The number of nitrogens with zero attached hydrogens (tertiary/aromatic N) is 1. The van der Waals surface area contributed by atoms with Crippen molar-refractivity contribution in [1.29, 1.82) is 0 Å². The third-order valence-corrected chi connectivity index (χ3v) is 5.89. The molecule has 3 heterocycles. The number of thiophene rings is 2. The molecule has 0 radical (unpaired) electrons. The van der Waals surface area contributed by atoms with E-state index in [0.29, 0.717) is 0 Å². The van der Waals surface area contributed by atoms with Crippen LogP contribution in [-0.4, -0.2) is 4.57 Å². The van der Waals surface area contributed by atoms with Gasteiger partial charge in [-0.15, -0.1) is 22.7 Å². The molecule has 3 aromatic rings. The van der Waals surface area contributed by atoms with Gasteiger partial charge in [-0.3, -0.25) is 0 Å². The normalized spacial score (nSPS) is 11.9. The molecule has 0 atom stereocenters. The zero-order valence-corrected chi connectivity index (χ0v) is 12.7. The van der Waals surface area contributed by atoms with Crippen molar-refractivity contribution in [2.45, 2.75) is 13.5 Å². The summed E-state index contributed by atoms with van der Waals surface area (Å²) in [4.78, 5) is 0. The number of aromatic nitrogens is 1. The van der Waals surface area contributed by atoms with Crippen molar-refractivity contribution in [2.24, 2.45) is 0 Å². The molecular weight excluding hydrogens is 358 g/mol. The average molecular weight is 365 g/mol. The molecule has 78 valence electrons. The Hall–Kier alpha value is 0.160. The minimum atomic E-state index is 1.02. The molecule has 0 amide bonds. The molecule has 0 bridgehead atoms. The zero-order chi connectivity index (χ0) is 10.6. The number of rotatable bonds is 1. The second-order valence-corrected chi connectivity index (χ2v) is 8.14. The fourth-order valence-corrected chi connectivity index (χ4v) is 5.23. The third kappa shape index (κ3) is 1.44. The fraction of sp³-hybridized carbons (Fsp3) is 0.200. The van der Waals surface area contributed by atoms with Gasteiger partial charge in [-0.2, -0.15) is 0 Å². The Bertz CT molecular complexity index is 593. The van der Waals surface area contributed by atoms with Gasteiger partial charge in [0.1, 0.15) is 0 Å². The van der Waals surface area contributed by atoms with Gasteiger partial charge < -0.3 is 4.57 Å². The molecule has 0 aliphatic rings. The van der Waals surface area contributed by atoms with Crippen molar-refractivity contribution in [3.63, 3.8) is 0 Å². The van der Waals surface area contributed by atoms with Crippen LogP contribution in [0, 0.1) is 0 Å². The molecule has 5 heteroatoms. The minimum absolute atomic E-state index is 1.02. The van der Waals surface area contributed by atoms with E-state index in [4.69, 9.17) is 0 Å². The van der Waals surface area contributed by atoms with Crippen LogP contribution >= 0.6 is 54.5 Å². The first-order valence-corrected chi connectivity index (χ1v) is 7.79. The largest absolute Gasteiger partial charge is 0.339 e. The predicted octanol–water partition coefficient (Wildman–Crippen LogP) is 5.46. The van der Waals surface area contributed by atoms with Crippen LogP contribution in [0.1, 0.15) is 6.92 Å². The van der Waals surface area contributed by atoms with Crippen molar-refractivity contribution >= 4 is 75.0 Å². The van der Waals surface area contributed by atoms with Crippen LogP contribution in [0.15, 0.2) is 19.7 Å². The first kappa shape index (κ1) is 10.3. The lowest BCUT2D eigenvalue weighted by molar-refractivity contribution is 0.828. The predicted molar refractivity (Wildman–Crippen MR) is 76.3 cm³/mol. The average Bonchev–Trinajstić information content (AvgIpc) is 2.76. The summed E-state index contributed by atoms with van der Waals surface area (Å²) in [5.41, 5.74) is 2.70. The highest BCUT2D eigenvalue weighted by atomic mass is 79.9. The highest BCUT2D eigenvalue weighted by molar-refractivity contribution is 9.11. The number of hydrogen-bond donors (Lipinski definition) is 0. The Balaban J connectivity index is 2.56. The van der Waals surface area contributed by atoms with Crippen molar-refractivity contribution in [3.05, 3.63) is 19.7 Å². The molecular formula is C10H7Br2NS2. The SMILES string of the molecule is CCn1c2cc(Br)sc2c2sc(Br)cc21. The summed E-state index contributed by atoms with van der Waals surface area (Å²) in [5, 5.41) is 0. The summed E-state index contributed by atoms with van der Waals surface area (Å²) in [5.74, 6) is 0. The fourth-order valence-electron chi connectivity index (χ4n) is 1.90. The molecule has 0 saturated carbocycles. The van der Waals surface area contributed by atoms with E-state index in [2.05, 4.69) is 55.5 Å². The third-order valence-electron chi connectivity index (χ3n) is 2.47. The van der Waals surface area contributed by atoms with E-state index in [1.807, 2.05) is 22.7 Å². The van der Waals surface area contributed by atoms with Crippen LogP contribution in [0.3, 0.4) is 0 Å². The lowest BCUT2D eigenvalue weighted by Gasteiger charge is -1.98. The summed E-state index contributed by atoms with van der Waals surface area (Å²) in [6.45, 7) is 3.21. The number of aryl methyl sites for hydroxylation is 1. The molecule has 0 unspecified atom stereocenters. The maximum Gasteiger partial charge on any atom is 0.0726 e. The lowest BCUT2D eigenvalue weighted by Crippen LogP contribution is -1.90. The number of hydrogen-bond acceptors (Lipinski definition) is 2. The smallest absolute Gasteiger partial charge is 0.0726 e. The Morgan fingerprint density at radius 3 is 1.93 bits per heavy atom. The van der Waals surface area contributed by atoms with E-state index >= 15 is 0 Å². The highest BCUT2D eigenvalue weighted by Gasteiger charge is 2.14. The monoisotopic (exact) mass is 363 g/mol. The van der Waals surface area contributed by atoms with E-state index in [1.165, 1.54) is 28.0 Å². The van der Waals surface area contributed by atoms with Crippen LogP contribution < -0.4 is 0 Å². The molecule has 3 rings (SSSR count). The van der Waals surface area contributed by atoms with Gasteiger partial charge in [0.05, 0.1) is 28.0 Å². The van der Waals surface area contributed by atoms with Crippen LogP contribution in [0.5, 0.6) is 0 Å². The molecule has 0 aliphatic carbocycles. The van der Waals surface area contributed by atoms with E-state index in [-0.39, 0.29) is 0 Å². The molecule has 0 aromatic carbocycles. The minimum Gasteiger partial charge on any atom is -0.339 e. The maximum atomic E-state index is 3.56. The summed E-state index contributed by atoms with van der Waals surface area (Å²) < 4.78 is 7.58. The van der Waals surface area contributed by atoms with Gasteiger partial charge >= 0.3 is 0 Å². The van der Waals surface area contributed by atoms with Gasteiger partial charge in [-0.05, 0) is 50.9 Å². The van der Waals surface area contributed by atoms with E-state index in [0.717, 1.165) is 6.54 Å². The van der Waals surface area contributed by atoms with Gasteiger partial charge in [-0.1, -0.05) is 0 Å². The molecule has 1 nitrogen and oxygen atoms in total. The topological polar surface area (TPSA) is 4.93 Å². The summed E-state index contributed by atoms with van der Waals surface area (Å²) in [6, 6.07) is 4.42. The van der Waals surface area contributed by atoms with E-state index in [1.54, 1.807) is 0 Å². The molecule has 0 N–H and O–H groups in total. The molecule has 15 heavy (non-hydrogen) atoms. The summed E-state index contributed by atoms with van der Waals surface area (Å²) in [7, 11) is 0. The number of fused-ring (bicyclic) bond motifs is 3. The van der Waals surface area contributed by atoms with Crippen LogP contribution in [-0.2, 0) is 6.54 Å². The van der Waals surface area contributed by atoms with Crippen molar-refractivity contribution < 1.29 is 0 Å². The van der Waals surface area contributed by atoms with Gasteiger partial charge in [0.2, 0.25) is 0 Å². The molecule has 0 saturated heterocycles. The van der Waals surface area contributed by atoms with E-state index < -0.39 is 0 Å². The second kappa shape index (κ2) is 3.58. The van der Waals surface area contributed by atoms with Crippen LogP contribution in [0.25, 0.3) is 20.4 Å². The van der Waals surface area contributed by atoms with E-state index in [9.17, 15) is 0 Å². The number of halogens is 2. The Morgan fingerprint density at radius 1 is 1.07 bits per heavy atom. The van der Waals surface area contributed by atoms with Crippen molar-refractivity contribution in [1.82, 2.24) is 4.57 Å². The summed E-state index contributed by atoms with van der Waals surface area (Å²) >= 11 is 10.7. The molecule has 0 aliphatic heterocycles. The first-order valence-electron chi connectivity index (χ1n) is 4.57. The quantitative estimate of drug-likeness (QED) is 0.540.